The van der Waals surface area contributed by atoms with Crippen molar-refractivity contribution in [3.8, 4) is 0 Å². The minimum Gasteiger partial charge on any atom is -0.379 e. The quantitative estimate of drug-likeness (QED) is 0.905. The van der Waals surface area contributed by atoms with E-state index in [1.807, 2.05) is 5.38 Å². The van der Waals surface area contributed by atoms with Gasteiger partial charge in [-0.1, -0.05) is 11.6 Å². The fraction of sp³-hybridized carbons (Fsp3) is 0.182. The van der Waals surface area contributed by atoms with E-state index < -0.39 is 11.7 Å². The lowest BCUT2D eigenvalue weighted by atomic mass is 10.2. The van der Waals surface area contributed by atoms with Gasteiger partial charge in [-0.2, -0.15) is 13.2 Å². The van der Waals surface area contributed by atoms with Gasteiger partial charge in [0, 0.05) is 11.1 Å². The Hall–Kier alpha value is -1.27. The number of hydrogen-bond acceptors (Lipinski definition) is 3. The molecule has 0 aliphatic carbocycles. The predicted octanol–water partition coefficient (Wildman–Crippen LogP) is 4.43. The molecule has 1 heterocycles. The van der Waals surface area contributed by atoms with E-state index in [-0.39, 0.29) is 5.02 Å². The number of hydrogen-bond donors (Lipinski definition) is 1. The lowest BCUT2D eigenvalue weighted by Crippen LogP contribution is -2.07. The number of halogens is 4. The van der Waals surface area contributed by atoms with Gasteiger partial charge in [-0.15, -0.1) is 11.3 Å². The predicted molar refractivity (Wildman–Crippen MR) is 65.9 cm³/mol. The zero-order chi connectivity index (χ0) is 13.2. The summed E-state index contributed by atoms with van der Waals surface area (Å²) in [6.07, 6.45) is -4.45. The van der Waals surface area contributed by atoms with Crippen molar-refractivity contribution < 1.29 is 13.2 Å². The van der Waals surface area contributed by atoms with Gasteiger partial charge in [-0.05, 0) is 18.2 Å². The number of aromatic nitrogens is 1. The third-order valence-electron chi connectivity index (χ3n) is 2.23. The van der Waals surface area contributed by atoms with Crippen molar-refractivity contribution in [2.24, 2.45) is 0 Å². The summed E-state index contributed by atoms with van der Waals surface area (Å²) in [5.74, 6) is 0. The van der Waals surface area contributed by atoms with Crippen LogP contribution < -0.4 is 5.32 Å². The van der Waals surface area contributed by atoms with Crippen LogP contribution in [0.5, 0.6) is 0 Å². The van der Waals surface area contributed by atoms with Gasteiger partial charge < -0.3 is 5.32 Å². The molecule has 1 aromatic heterocycles. The van der Waals surface area contributed by atoms with Crippen molar-refractivity contribution in [1.29, 1.82) is 0 Å². The van der Waals surface area contributed by atoms with Crippen LogP contribution in [0.4, 0.5) is 18.9 Å². The normalized spacial score (nSPS) is 11.6. The third-order valence-corrected chi connectivity index (χ3v) is 3.19. The molecule has 0 aliphatic heterocycles. The second kappa shape index (κ2) is 5.16. The summed E-state index contributed by atoms with van der Waals surface area (Å²) in [6.45, 7) is 0.377. The lowest BCUT2D eigenvalue weighted by Gasteiger charge is -2.11. The van der Waals surface area contributed by atoms with Crippen molar-refractivity contribution in [2.45, 2.75) is 12.7 Å². The average Bonchev–Trinajstić information content (AvgIpc) is 2.79. The van der Waals surface area contributed by atoms with E-state index in [1.165, 1.54) is 23.5 Å². The topological polar surface area (TPSA) is 24.9 Å². The Bertz CT molecular complexity index is 526. The van der Waals surface area contributed by atoms with Crippen molar-refractivity contribution >= 4 is 28.6 Å². The van der Waals surface area contributed by atoms with Gasteiger partial charge in [-0.3, -0.25) is 0 Å². The number of alkyl halides is 3. The first-order valence-electron chi connectivity index (χ1n) is 4.94. The summed E-state index contributed by atoms with van der Waals surface area (Å²) in [4.78, 5) is 4.03. The van der Waals surface area contributed by atoms with Gasteiger partial charge >= 0.3 is 6.18 Å². The highest BCUT2D eigenvalue weighted by Crippen LogP contribution is 2.36. The average molecular weight is 293 g/mol. The Morgan fingerprint density at radius 3 is 2.72 bits per heavy atom. The molecule has 1 N–H and O–H groups in total. The number of nitrogens with one attached hydrogen (secondary N) is 1. The summed E-state index contributed by atoms with van der Waals surface area (Å²) >= 11 is 6.95. The van der Waals surface area contributed by atoms with Crippen LogP contribution in [0.3, 0.4) is 0 Å². The number of anilines is 1. The summed E-state index contributed by atoms with van der Waals surface area (Å²) in [6, 6.07) is 3.73. The minimum absolute atomic E-state index is 0.304. The first-order chi connectivity index (χ1) is 8.47. The third kappa shape index (κ3) is 3.14. The van der Waals surface area contributed by atoms with E-state index in [0.717, 1.165) is 11.8 Å². The largest absolute Gasteiger partial charge is 0.417 e. The van der Waals surface area contributed by atoms with Crippen LogP contribution in [0.1, 0.15) is 11.3 Å². The fourth-order valence-corrected chi connectivity index (χ4v) is 2.15. The Labute approximate surface area is 110 Å². The number of rotatable bonds is 3. The number of thiazole rings is 1. The molecule has 0 aliphatic rings. The maximum atomic E-state index is 12.6. The van der Waals surface area contributed by atoms with Crippen LogP contribution in [-0.4, -0.2) is 4.98 Å². The molecule has 7 heteroatoms. The second-order valence-electron chi connectivity index (χ2n) is 3.53. The zero-order valence-corrected chi connectivity index (χ0v) is 10.5. The van der Waals surface area contributed by atoms with Crippen LogP contribution in [0.15, 0.2) is 29.1 Å². The van der Waals surface area contributed by atoms with E-state index in [9.17, 15) is 13.2 Å². The highest BCUT2D eigenvalue weighted by Gasteiger charge is 2.33. The molecular formula is C11H8ClF3N2S. The van der Waals surface area contributed by atoms with Crippen molar-refractivity contribution in [2.75, 3.05) is 5.32 Å². The monoisotopic (exact) mass is 292 g/mol. The minimum atomic E-state index is -4.45. The molecule has 2 nitrogen and oxygen atoms in total. The SMILES string of the molecule is FC(F)(F)c1cc(NCc2cscn2)ccc1Cl. The molecule has 1 aromatic carbocycles. The Morgan fingerprint density at radius 1 is 1.33 bits per heavy atom. The number of benzene rings is 1. The highest BCUT2D eigenvalue weighted by molar-refractivity contribution is 7.07. The molecule has 0 radical (unpaired) electrons. The summed E-state index contributed by atoms with van der Waals surface area (Å²) < 4.78 is 37.9. The van der Waals surface area contributed by atoms with Gasteiger partial charge in [-0.25, -0.2) is 4.98 Å². The van der Waals surface area contributed by atoms with Crippen LogP contribution in [-0.2, 0) is 12.7 Å². The molecule has 0 saturated heterocycles. The fourth-order valence-electron chi connectivity index (χ4n) is 1.37. The van der Waals surface area contributed by atoms with Gasteiger partial charge in [0.25, 0.3) is 0 Å². The molecule has 0 bridgehead atoms. The van der Waals surface area contributed by atoms with E-state index >= 15 is 0 Å². The molecule has 96 valence electrons. The molecule has 18 heavy (non-hydrogen) atoms. The zero-order valence-electron chi connectivity index (χ0n) is 8.96. The number of nitrogens with zero attached hydrogens (tertiary/aromatic N) is 1. The summed E-state index contributed by atoms with van der Waals surface area (Å²) in [5, 5.41) is 4.40. The smallest absolute Gasteiger partial charge is 0.379 e. The van der Waals surface area contributed by atoms with Gasteiger partial charge in [0.15, 0.2) is 0 Å². The lowest BCUT2D eigenvalue weighted by molar-refractivity contribution is -0.137. The maximum Gasteiger partial charge on any atom is 0.417 e. The van der Waals surface area contributed by atoms with Crippen LogP contribution >= 0.6 is 22.9 Å². The molecule has 0 saturated carbocycles. The van der Waals surface area contributed by atoms with E-state index in [4.69, 9.17) is 11.6 Å². The molecule has 0 fully saturated rings. The molecular weight excluding hydrogens is 285 g/mol. The van der Waals surface area contributed by atoms with Crippen LogP contribution in [0, 0.1) is 0 Å². The van der Waals surface area contributed by atoms with E-state index in [2.05, 4.69) is 10.3 Å². The Balaban J connectivity index is 2.15. The Morgan fingerprint density at radius 2 is 2.11 bits per heavy atom. The Kier molecular flexibility index (Phi) is 3.77. The summed E-state index contributed by atoms with van der Waals surface area (Å²) in [5.41, 5.74) is 1.97. The van der Waals surface area contributed by atoms with E-state index in [1.54, 1.807) is 5.51 Å². The molecule has 2 aromatic rings. The van der Waals surface area contributed by atoms with Crippen molar-refractivity contribution in [1.82, 2.24) is 4.98 Å². The van der Waals surface area contributed by atoms with Crippen LogP contribution in [0.25, 0.3) is 0 Å². The summed E-state index contributed by atoms with van der Waals surface area (Å²) in [7, 11) is 0. The maximum absolute atomic E-state index is 12.6. The molecule has 0 atom stereocenters. The molecule has 0 unspecified atom stereocenters. The second-order valence-corrected chi connectivity index (χ2v) is 4.65. The van der Waals surface area contributed by atoms with Gasteiger partial charge in [0.05, 0.1) is 28.3 Å². The van der Waals surface area contributed by atoms with Crippen molar-refractivity contribution in [3.63, 3.8) is 0 Å². The molecule has 0 spiro atoms. The van der Waals surface area contributed by atoms with E-state index in [0.29, 0.717) is 12.2 Å². The standard InChI is InChI=1S/C11H8ClF3N2S/c12-10-2-1-7(3-9(10)11(13,14)15)16-4-8-5-18-6-17-8/h1-3,5-6,16H,4H2. The van der Waals surface area contributed by atoms with Crippen molar-refractivity contribution in [3.05, 3.63) is 45.4 Å². The van der Waals surface area contributed by atoms with Gasteiger partial charge in [0.1, 0.15) is 0 Å². The first kappa shape index (κ1) is 13.2. The van der Waals surface area contributed by atoms with Crippen LogP contribution in [0.2, 0.25) is 5.02 Å². The first-order valence-corrected chi connectivity index (χ1v) is 6.26. The van der Waals surface area contributed by atoms with Gasteiger partial charge in [0.2, 0.25) is 0 Å². The highest BCUT2D eigenvalue weighted by atomic mass is 35.5. The molecule has 2 rings (SSSR count). The molecule has 0 amide bonds.